The van der Waals surface area contributed by atoms with Crippen LogP contribution in [0.4, 0.5) is 0 Å². The Labute approximate surface area is 129 Å². The number of hydrogen-bond acceptors (Lipinski definition) is 3. The van der Waals surface area contributed by atoms with Gasteiger partial charge >= 0.3 is 0 Å². The van der Waals surface area contributed by atoms with Crippen molar-refractivity contribution in [2.24, 2.45) is 5.92 Å². The summed E-state index contributed by atoms with van der Waals surface area (Å²) in [5.41, 5.74) is 0.307. The quantitative estimate of drug-likeness (QED) is 0.814. The van der Waals surface area contributed by atoms with E-state index in [0.717, 1.165) is 12.0 Å². The van der Waals surface area contributed by atoms with Crippen LogP contribution in [0, 0.1) is 5.92 Å². The minimum absolute atomic E-state index is 0.307. The molecule has 4 aliphatic rings. The Kier molecular flexibility index (Phi) is 4.25. The number of hydrogen-bond donors (Lipinski definition) is 1. The fraction of sp³-hybridized carbons (Fsp3) is 1.00. The summed E-state index contributed by atoms with van der Waals surface area (Å²) in [5.74, 6) is 0.994. The van der Waals surface area contributed by atoms with Gasteiger partial charge < -0.3 is 10.1 Å². The Hall–Kier alpha value is -0.120. The zero-order valence-corrected chi connectivity index (χ0v) is 13.5. The maximum Gasteiger partial charge on any atom is 0.0710 e. The lowest BCUT2D eigenvalue weighted by atomic mass is 9.98. The van der Waals surface area contributed by atoms with E-state index in [1.807, 2.05) is 0 Å². The lowest BCUT2D eigenvalue weighted by molar-refractivity contribution is -0.0481. The van der Waals surface area contributed by atoms with Gasteiger partial charge in [0.05, 0.1) is 11.7 Å². The molecule has 4 fully saturated rings. The third kappa shape index (κ3) is 3.62. The molecule has 2 atom stereocenters. The summed E-state index contributed by atoms with van der Waals surface area (Å²) in [6, 6.07) is 0.741. The summed E-state index contributed by atoms with van der Waals surface area (Å²) in [5, 5.41) is 3.67. The SMILES string of the molecule is C1CNC(CN(CC2CC2)CC2CCC3(CCCC3)O2)C1. The van der Waals surface area contributed by atoms with Crippen molar-refractivity contribution in [2.75, 3.05) is 26.2 Å². The van der Waals surface area contributed by atoms with Crippen LogP contribution >= 0.6 is 0 Å². The molecule has 0 amide bonds. The maximum atomic E-state index is 6.54. The molecule has 3 nitrogen and oxygen atoms in total. The van der Waals surface area contributed by atoms with E-state index in [4.69, 9.17) is 4.74 Å². The van der Waals surface area contributed by atoms with Crippen LogP contribution < -0.4 is 5.32 Å². The first-order chi connectivity index (χ1) is 10.3. The highest BCUT2D eigenvalue weighted by atomic mass is 16.5. The molecule has 2 unspecified atom stereocenters. The Balaban J connectivity index is 1.30. The standard InChI is InChI=1S/C18H32N2O/c1-2-9-18(8-1)10-7-17(21-18)14-20(12-15-5-6-15)13-16-4-3-11-19-16/h15-17,19H,1-14H2. The Bertz CT molecular complexity index is 343. The normalized spacial score (nSPS) is 35.3. The van der Waals surface area contributed by atoms with Gasteiger partial charge in [0.25, 0.3) is 0 Å². The van der Waals surface area contributed by atoms with Crippen molar-refractivity contribution in [3.8, 4) is 0 Å². The molecule has 1 N–H and O–H groups in total. The molecular weight excluding hydrogens is 260 g/mol. The van der Waals surface area contributed by atoms with Crippen LogP contribution in [0.15, 0.2) is 0 Å². The predicted octanol–water partition coefficient (Wildman–Crippen LogP) is 2.94. The Morgan fingerprint density at radius 3 is 2.48 bits per heavy atom. The van der Waals surface area contributed by atoms with Crippen molar-refractivity contribution in [1.82, 2.24) is 10.2 Å². The summed E-state index contributed by atoms with van der Waals surface area (Å²) >= 11 is 0. The third-order valence-electron chi connectivity index (χ3n) is 6.17. The zero-order chi connectivity index (χ0) is 14.1. The molecule has 3 heteroatoms. The zero-order valence-electron chi connectivity index (χ0n) is 13.5. The molecule has 0 radical (unpaired) electrons. The van der Waals surface area contributed by atoms with Crippen LogP contribution in [0.5, 0.6) is 0 Å². The minimum atomic E-state index is 0.307. The first kappa shape index (κ1) is 14.5. The smallest absolute Gasteiger partial charge is 0.0710 e. The summed E-state index contributed by atoms with van der Waals surface area (Å²) in [6.07, 6.45) is 14.3. The van der Waals surface area contributed by atoms with E-state index in [1.54, 1.807) is 0 Å². The van der Waals surface area contributed by atoms with Crippen LogP contribution in [0.2, 0.25) is 0 Å². The lowest BCUT2D eigenvalue weighted by Crippen LogP contribution is -2.42. The molecule has 2 aliphatic carbocycles. The topological polar surface area (TPSA) is 24.5 Å². The summed E-state index contributed by atoms with van der Waals surface area (Å²) in [4.78, 5) is 2.74. The third-order valence-corrected chi connectivity index (χ3v) is 6.17. The maximum absolute atomic E-state index is 6.54. The van der Waals surface area contributed by atoms with Crippen molar-refractivity contribution in [3.63, 3.8) is 0 Å². The second-order valence-corrected chi connectivity index (χ2v) is 8.12. The summed E-state index contributed by atoms with van der Waals surface area (Å²) in [7, 11) is 0. The average Bonchev–Trinajstić information content (AvgIpc) is 2.92. The fourth-order valence-corrected chi connectivity index (χ4v) is 4.81. The van der Waals surface area contributed by atoms with Gasteiger partial charge in [-0.3, -0.25) is 4.90 Å². The Morgan fingerprint density at radius 1 is 0.905 bits per heavy atom. The van der Waals surface area contributed by atoms with Gasteiger partial charge in [-0.1, -0.05) is 12.8 Å². The monoisotopic (exact) mass is 292 g/mol. The first-order valence-corrected chi connectivity index (χ1v) is 9.45. The Morgan fingerprint density at radius 2 is 1.76 bits per heavy atom. The molecule has 2 saturated heterocycles. The molecule has 0 aromatic rings. The highest BCUT2D eigenvalue weighted by molar-refractivity contribution is 4.94. The van der Waals surface area contributed by atoms with E-state index in [0.29, 0.717) is 11.7 Å². The molecule has 2 saturated carbocycles. The van der Waals surface area contributed by atoms with E-state index >= 15 is 0 Å². The summed E-state index contributed by atoms with van der Waals surface area (Å²) < 4.78 is 6.54. The number of nitrogens with zero attached hydrogens (tertiary/aromatic N) is 1. The van der Waals surface area contributed by atoms with E-state index < -0.39 is 0 Å². The largest absolute Gasteiger partial charge is 0.370 e. The highest BCUT2D eigenvalue weighted by Gasteiger charge is 2.42. The molecule has 2 heterocycles. The van der Waals surface area contributed by atoms with Crippen molar-refractivity contribution in [2.45, 2.75) is 82.0 Å². The van der Waals surface area contributed by atoms with Gasteiger partial charge in [-0.2, -0.15) is 0 Å². The lowest BCUT2D eigenvalue weighted by Gasteiger charge is -2.30. The van der Waals surface area contributed by atoms with Gasteiger partial charge in [0.2, 0.25) is 0 Å². The van der Waals surface area contributed by atoms with Crippen LogP contribution in [0.1, 0.15) is 64.2 Å². The average molecular weight is 292 g/mol. The molecule has 1 spiro atoms. The van der Waals surface area contributed by atoms with Crippen molar-refractivity contribution >= 4 is 0 Å². The molecule has 0 aromatic carbocycles. The van der Waals surface area contributed by atoms with Crippen LogP contribution in [0.25, 0.3) is 0 Å². The molecule has 4 rings (SSSR count). The number of rotatable bonds is 6. The molecule has 0 aromatic heterocycles. The van der Waals surface area contributed by atoms with Gasteiger partial charge in [-0.15, -0.1) is 0 Å². The van der Waals surface area contributed by atoms with Gasteiger partial charge in [0.15, 0.2) is 0 Å². The predicted molar refractivity (Wildman–Crippen MR) is 85.5 cm³/mol. The molecular formula is C18H32N2O. The van der Waals surface area contributed by atoms with Gasteiger partial charge in [0.1, 0.15) is 0 Å². The van der Waals surface area contributed by atoms with Crippen molar-refractivity contribution in [3.05, 3.63) is 0 Å². The van der Waals surface area contributed by atoms with Crippen LogP contribution in [0.3, 0.4) is 0 Å². The highest BCUT2D eigenvalue weighted by Crippen LogP contribution is 2.43. The van der Waals surface area contributed by atoms with Crippen LogP contribution in [-0.4, -0.2) is 48.8 Å². The van der Waals surface area contributed by atoms with Gasteiger partial charge in [-0.05, 0) is 63.8 Å². The van der Waals surface area contributed by atoms with Gasteiger partial charge in [-0.25, -0.2) is 0 Å². The number of nitrogens with one attached hydrogen (secondary N) is 1. The van der Waals surface area contributed by atoms with Crippen molar-refractivity contribution < 1.29 is 4.74 Å². The van der Waals surface area contributed by atoms with E-state index in [2.05, 4.69) is 10.2 Å². The molecule has 120 valence electrons. The molecule has 21 heavy (non-hydrogen) atoms. The van der Waals surface area contributed by atoms with Crippen LogP contribution in [-0.2, 0) is 4.74 Å². The van der Waals surface area contributed by atoms with E-state index in [-0.39, 0.29) is 0 Å². The fourth-order valence-electron chi connectivity index (χ4n) is 4.81. The second-order valence-electron chi connectivity index (χ2n) is 8.12. The first-order valence-electron chi connectivity index (χ1n) is 9.45. The second kappa shape index (κ2) is 6.17. The molecule has 0 bridgehead atoms. The molecule has 2 aliphatic heterocycles. The van der Waals surface area contributed by atoms with E-state index in [1.165, 1.54) is 90.4 Å². The van der Waals surface area contributed by atoms with Gasteiger partial charge in [0, 0.05) is 25.7 Å². The van der Waals surface area contributed by atoms with E-state index in [9.17, 15) is 0 Å². The van der Waals surface area contributed by atoms with Crippen molar-refractivity contribution in [1.29, 1.82) is 0 Å². The minimum Gasteiger partial charge on any atom is -0.370 e. The summed E-state index contributed by atoms with van der Waals surface area (Å²) in [6.45, 7) is 5.00. The number of ether oxygens (including phenoxy) is 1.